The number of carbonyl (C=O) groups is 1. The van der Waals surface area contributed by atoms with Gasteiger partial charge in [-0.2, -0.15) is 0 Å². The van der Waals surface area contributed by atoms with Crippen molar-refractivity contribution in [2.24, 2.45) is 0 Å². The Bertz CT molecular complexity index is 725. The molecule has 0 spiro atoms. The summed E-state index contributed by atoms with van der Waals surface area (Å²) in [4.78, 5) is 12.0. The third-order valence-electron chi connectivity index (χ3n) is 2.48. The predicted molar refractivity (Wildman–Crippen MR) is 74.4 cm³/mol. The van der Waals surface area contributed by atoms with E-state index in [0.29, 0.717) is 5.56 Å². The lowest BCUT2D eigenvalue weighted by Gasteiger charge is -2.06. The second-order valence-corrected chi connectivity index (χ2v) is 6.74. The topological polar surface area (TPSA) is 51.2 Å². The monoisotopic (exact) mass is 314 g/mol. The number of rotatable bonds is 3. The van der Waals surface area contributed by atoms with Crippen LogP contribution in [-0.2, 0) is 9.05 Å². The van der Waals surface area contributed by atoms with Crippen molar-refractivity contribution in [3.8, 4) is 0 Å². The summed E-state index contributed by atoms with van der Waals surface area (Å²) in [5.41, 5.74) is 0.333. The van der Waals surface area contributed by atoms with Crippen LogP contribution in [0.4, 0.5) is 0 Å². The van der Waals surface area contributed by atoms with Gasteiger partial charge in [0.05, 0.1) is 4.90 Å². The van der Waals surface area contributed by atoms with Gasteiger partial charge in [0.25, 0.3) is 9.05 Å². The first-order valence-corrected chi connectivity index (χ1v) is 7.92. The molecule has 0 fully saturated rings. The summed E-state index contributed by atoms with van der Waals surface area (Å²) in [7, 11) is 1.31. The Balaban J connectivity index is 2.62. The van der Waals surface area contributed by atoms with Crippen LogP contribution in [0.3, 0.4) is 0 Å². The molecule has 2 aromatic carbocycles. The highest BCUT2D eigenvalue weighted by atomic mass is 35.7. The minimum Gasteiger partial charge on any atom is -0.289 e. The van der Waals surface area contributed by atoms with Gasteiger partial charge in [-0.3, -0.25) is 4.79 Å². The van der Waals surface area contributed by atoms with Gasteiger partial charge < -0.3 is 0 Å². The van der Waals surface area contributed by atoms with Crippen molar-refractivity contribution in [2.45, 2.75) is 4.90 Å². The van der Waals surface area contributed by atoms with Crippen LogP contribution in [-0.4, -0.2) is 14.2 Å². The first-order chi connectivity index (χ1) is 8.89. The van der Waals surface area contributed by atoms with E-state index in [1.165, 1.54) is 18.2 Å². The maximum Gasteiger partial charge on any atom is 0.262 e. The van der Waals surface area contributed by atoms with Crippen molar-refractivity contribution < 1.29 is 13.2 Å². The fraction of sp³-hybridized carbons (Fsp3) is 0. The van der Waals surface area contributed by atoms with Crippen LogP contribution in [0.2, 0.25) is 5.02 Å². The summed E-state index contributed by atoms with van der Waals surface area (Å²) >= 11 is 5.81. The molecule has 2 aromatic rings. The van der Waals surface area contributed by atoms with Crippen molar-refractivity contribution in [3.05, 3.63) is 64.7 Å². The molecule has 19 heavy (non-hydrogen) atoms. The fourth-order valence-corrected chi connectivity index (χ4v) is 2.86. The molecule has 0 saturated carbocycles. The summed E-state index contributed by atoms with van der Waals surface area (Å²) in [6.07, 6.45) is 0. The quantitative estimate of drug-likeness (QED) is 0.643. The van der Waals surface area contributed by atoms with E-state index < -0.39 is 14.8 Å². The van der Waals surface area contributed by atoms with Crippen LogP contribution >= 0.6 is 22.3 Å². The molecule has 0 aliphatic heterocycles. The van der Waals surface area contributed by atoms with Gasteiger partial charge in [0, 0.05) is 26.8 Å². The first kappa shape index (κ1) is 14.1. The van der Waals surface area contributed by atoms with Gasteiger partial charge in [0.15, 0.2) is 5.78 Å². The van der Waals surface area contributed by atoms with Crippen LogP contribution < -0.4 is 0 Å². The van der Waals surface area contributed by atoms with E-state index in [9.17, 15) is 13.2 Å². The predicted octanol–water partition coefficient (Wildman–Crippen LogP) is 3.50. The molecule has 0 heterocycles. The summed E-state index contributed by atoms with van der Waals surface area (Å²) in [6, 6.07) is 12.2. The molecule has 0 aliphatic rings. The molecule has 2 rings (SSSR count). The zero-order valence-electron chi connectivity index (χ0n) is 9.51. The van der Waals surface area contributed by atoms with Crippen LogP contribution in [0, 0.1) is 0 Å². The fourth-order valence-electron chi connectivity index (χ4n) is 1.64. The van der Waals surface area contributed by atoms with Crippen molar-refractivity contribution >= 4 is 37.1 Å². The second-order valence-electron chi connectivity index (χ2n) is 3.77. The van der Waals surface area contributed by atoms with E-state index in [1.54, 1.807) is 30.3 Å². The number of halogens is 2. The lowest BCUT2D eigenvalue weighted by atomic mass is 10.0. The minimum atomic E-state index is -4.01. The van der Waals surface area contributed by atoms with Crippen molar-refractivity contribution in [1.29, 1.82) is 0 Å². The smallest absolute Gasteiger partial charge is 0.262 e. The molecule has 0 atom stereocenters. The highest BCUT2D eigenvalue weighted by molar-refractivity contribution is 8.13. The molecule has 6 heteroatoms. The molecule has 0 radical (unpaired) electrons. The van der Waals surface area contributed by atoms with Crippen molar-refractivity contribution in [3.63, 3.8) is 0 Å². The maximum atomic E-state index is 12.3. The Morgan fingerprint density at radius 1 is 1.00 bits per heavy atom. The zero-order valence-corrected chi connectivity index (χ0v) is 11.8. The summed E-state index contributed by atoms with van der Waals surface area (Å²) in [6.45, 7) is 0. The largest absolute Gasteiger partial charge is 0.289 e. The number of hydrogen-bond acceptors (Lipinski definition) is 3. The van der Waals surface area contributed by atoms with E-state index in [0.717, 1.165) is 0 Å². The van der Waals surface area contributed by atoms with Crippen LogP contribution in [0.25, 0.3) is 0 Å². The third-order valence-corrected chi connectivity index (χ3v) is 4.10. The first-order valence-electron chi connectivity index (χ1n) is 5.23. The molecule has 98 valence electrons. The second kappa shape index (κ2) is 5.33. The number of carbonyl (C=O) groups excluding carboxylic acids is 1. The van der Waals surface area contributed by atoms with Crippen LogP contribution in [0.15, 0.2) is 53.4 Å². The lowest BCUT2D eigenvalue weighted by Crippen LogP contribution is -2.07. The summed E-state index contributed by atoms with van der Waals surface area (Å²) in [5, 5.41) is 0.267. The van der Waals surface area contributed by atoms with E-state index in [1.807, 2.05) is 0 Å². The number of benzene rings is 2. The van der Waals surface area contributed by atoms with Gasteiger partial charge in [-0.1, -0.05) is 41.9 Å². The highest BCUT2D eigenvalue weighted by Crippen LogP contribution is 2.25. The molecule has 3 nitrogen and oxygen atoms in total. The van der Waals surface area contributed by atoms with Crippen LogP contribution in [0.1, 0.15) is 15.9 Å². The Labute approximate surface area is 120 Å². The Kier molecular flexibility index (Phi) is 3.94. The van der Waals surface area contributed by atoms with Gasteiger partial charge in [-0.05, 0) is 18.2 Å². The molecule has 0 saturated heterocycles. The number of ketones is 1. The van der Waals surface area contributed by atoms with Gasteiger partial charge in [0.2, 0.25) is 0 Å². The SMILES string of the molecule is O=C(c1ccccc1)c1cc(Cl)ccc1S(=O)(=O)Cl. The Morgan fingerprint density at radius 2 is 1.63 bits per heavy atom. The van der Waals surface area contributed by atoms with E-state index in [2.05, 4.69) is 0 Å². The average molecular weight is 315 g/mol. The van der Waals surface area contributed by atoms with Crippen LogP contribution in [0.5, 0.6) is 0 Å². The Hall–Kier alpha value is -1.36. The van der Waals surface area contributed by atoms with Gasteiger partial charge in [0.1, 0.15) is 0 Å². The summed E-state index contributed by atoms with van der Waals surface area (Å²) < 4.78 is 22.9. The summed E-state index contributed by atoms with van der Waals surface area (Å²) in [5.74, 6) is -0.442. The zero-order chi connectivity index (χ0) is 14.0. The number of hydrogen-bond donors (Lipinski definition) is 0. The molecule has 0 unspecified atom stereocenters. The standard InChI is InChI=1S/C13H8Cl2O3S/c14-10-6-7-12(19(15,17)18)11(8-10)13(16)9-4-2-1-3-5-9/h1-8H. The maximum absolute atomic E-state index is 12.3. The molecular weight excluding hydrogens is 307 g/mol. The molecule has 0 aliphatic carbocycles. The average Bonchev–Trinajstić information content (AvgIpc) is 2.37. The Morgan fingerprint density at radius 3 is 2.21 bits per heavy atom. The van der Waals surface area contributed by atoms with Gasteiger partial charge in [-0.15, -0.1) is 0 Å². The molecule has 0 bridgehead atoms. The van der Waals surface area contributed by atoms with Gasteiger partial charge >= 0.3 is 0 Å². The van der Waals surface area contributed by atoms with Crippen molar-refractivity contribution in [2.75, 3.05) is 0 Å². The minimum absolute atomic E-state index is 0.0336. The van der Waals surface area contributed by atoms with E-state index >= 15 is 0 Å². The third kappa shape index (κ3) is 3.15. The molecular formula is C13H8Cl2O3S. The van der Waals surface area contributed by atoms with Gasteiger partial charge in [-0.25, -0.2) is 8.42 Å². The lowest BCUT2D eigenvalue weighted by molar-refractivity contribution is 0.103. The van der Waals surface area contributed by atoms with E-state index in [4.69, 9.17) is 22.3 Å². The normalized spacial score (nSPS) is 11.3. The highest BCUT2D eigenvalue weighted by Gasteiger charge is 2.21. The van der Waals surface area contributed by atoms with E-state index in [-0.39, 0.29) is 15.5 Å². The molecule has 0 aromatic heterocycles. The molecule has 0 amide bonds. The molecule has 0 N–H and O–H groups in total. The van der Waals surface area contributed by atoms with Crippen molar-refractivity contribution in [1.82, 2.24) is 0 Å².